The van der Waals surface area contributed by atoms with Crippen molar-refractivity contribution in [1.29, 1.82) is 0 Å². The number of hydrogen-bond donors (Lipinski definition) is 3. The van der Waals surface area contributed by atoms with Gasteiger partial charge in [-0.15, -0.1) is 6.58 Å². The number of likely N-dealkylation sites (tertiary alicyclic amines) is 1. The van der Waals surface area contributed by atoms with Crippen molar-refractivity contribution in [3.05, 3.63) is 67.3 Å². The number of carbonyl (C=O) groups is 4. The lowest BCUT2D eigenvalue weighted by Crippen LogP contribution is -2.59. The van der Waals surface area contributed by atoms with Gasteiger partial charge in [0.2, 0.25) is 21.8 Å². The van der Waals surface area contributed by atoms with Gasteiger partial charge in [0, 0.05) is 35.4 Å². The van der Waals surface area contributed by atoms with Crippen molar-refractivity contribution in [2.75, 3.05) is 13.7 Å². The highest BCUT2D eigenvalue weighted by Gasteiger charge is 2.61. The number of carbonyl (C=O) groups excluding carboxylic acids is 4. The van der Waals surface area contributed by atoms with E-state index in [2.05, 4.69) is 21.9 Å². The van der Waals surface area contributed by atoms with Gasteiger partial charge in [-0.3, -0.25) is 19.1 Å². The van der Waals surface area contributed by atoms with Gasteiger partial charge in [0.25, 0.3) is 5.91 Å². The molecule has 0 unspecified atom stereocenters. The first-order chi connectivity index (χ1) is 25.8. The largest absolute Gasteiger partial charge is 0.497 e. The van der Waals surface area contributed by atoms with E-state index in [4.69, 9.17) is 19.2 Å². The fourth-order valence-electron chi connectivity index (χ4n) is 6.51. The number of rotatable bonds is 13. The Balaban J connectivity index is 1.51. The summed E-state index contributed by atoms with van der Waals surface area (Å²) in [6.07, 6.45) is 0.0835. The molecule has 2 aliphatic rings. The minimum absolute atomic E-state index is 0.0101. The number of amides is 4. The van der Waals surface area contributed by atoms with E-state index in [9.17, 15) is 27.6 Å². The van der Waals surface area contributed by atoms with Crippen molar-refractivity contribution >= 4 is 44.7 Å². The fourth-order valence-corrected chi connectivity index (χ4v) is 7.19. The molecule has 3 aromatic rings. The molecule has 2 heterocycles. The first-order valence-electron chi connectivity index (χ1n) is 18.3. The predicted molar refractivity (Wildman–Crippen MR) is 208 cm³/mol. The number of benzene rings is 2. The van der Waals surface area contributed by atoms with Crippen LogP contribution in [0.2, 0.25) is 0 Å². The maximum Gasteiger partial charge on any atom is 0.408 e. The van der Waals surface area contributed by atoms with Crippen LogP contribution in [-0.2, 0) is 29.1 Å². The van der Waals surface area contributed by atoms with Gasteiger partial charge in [0.15, 0.2) is 0 Å². The topological polar surface area (TPSA) is 182 Å². The zero-order valence-corrected chi connectivity index (χ0v) is 33.4. The summed E-state index contributed by atoms with van der Waals surface area (Å²) in [5.74, 6) is -2.04. The normalized spacial score (nSPS) is 21.5. The Hall–Kier alpha value is -5.18. The number of nitrogens with zero attached hydrogens (tertiary/aromatic N) is 2. The van der Waals surface area contributed by atoms with Crippen LogP contribution in [0.25, 0.3) is 22.2 Å². The SMILES string of the molecule is C=C[C@@H]1C[C@]1(NC(=O)[C@@H]1C[C@@H](Oc2cc(-c3ccccc3)nc3cc(OC)ccc23)CN1C(=O)[C@@H](NC(=O)OC(C)(C)C)C(C)C)C(=O)NS(=O)(=O)C(C)C. The standard InChI is InChI=1S/C40H51N5O9S/c1-10-26-21-40(26,37(48)44-55(50,51)24(4)5)43-35(46)32-19-28(22-45(32)36(47)34(23(2)3)42-38(49)54-39(6,7)8)53-33-20-30(25-14-12-11-13-15-25)41-31-18-27(52-9)16-17-29(31)33/h10-18,20,23-24,26,28,32,34H,1,19,21-22H2,2-9H3,(H,42,49)(H,43,46)(H,44,48)/t26-,28-,32+,34+,40-/m1/s1. The van der Waals surface area contributed by atoms with Crippen LogP contribution < -0.4 is 24.8 Å². The Morgan fingerprint density at radius 1 is 1.04 bits per heavy atom. The number of alkyl carbamates (subject to hydrolysis) is 1. The molecule has 1 aliphatic heterocycles. The number of methoxy groups -OCH3 is 1. The molecule has 1 aromatic heterocycles. The van der Waals surface area contributed by atoms with Crippen molar-refractivity contribution in [2.45, 2.75) is 95.9 Å². The molecule has 296 valence electrons. The molecule has 2 aromatic carbocycles. The Kier molecular flexibility index (Phi) is 11.8. The van der Waals surface area contributed by atoms with Gasteiger partial charge in [-0.05, 0) is 59.1 Å². The minimum atomic E-state index is -4.02. The number of aromatic nitrogens is 1. The smallest absolute Gasteiger partial charge is 0.408 e. The third-order valence-electron chi connectivity index (χ3n) is 9.70. The average Bonchev–Trinajstić information content (AvgIpc) is 3.68. The predicted octanol–water partition coefficient (Wildman–Crippen LogP) is 4.72. The van der Waals surface area contributed by atoms with Gasteiger partial charge in [-0.25, -0.2) is 18.2 Å². The van der Waals surface area contributed by atoms with Crippen LogP contribution in [0, 0.1) is 11.8 Å². The van der Waals surface area contributed by atoms with Gasteiger partial charge in [-0.1, -0.05) is 50.3 Å². The zero-order chi connectivity index (χ0) is 40.5. The van der Waals surface area contributed by atoms with E-state index in [0.29, 0.717) is 28.1 Å². The van der Waals surface area contributed by atoms with Crippen LogP contribution in [0.1, 0.15) is 61.3 Å². The summed E-state index contributed by atoms with van der Waals surface area (Å²) in [7, 11) is -2.46. The second-order valence-corrected chi connectivity index (χ2v) is 17.9. The van der Waals surface area contributed by atoms with E-state index >= 15 is 0 Å². The van der Waals surface area contributed by atoms with Gasteiger partial charge < -0.3 is 29.7 Å². The molecule has 4 amide bonds. The Labute approximate surface area is 322 Å². The van der Waals surface area contributed by atoms with E-state index in [1.165, 1.54) is 24.8 Å². The molecule has 1 saturated carbocycles. The van der Waals surface area contributed by atoms with Gasteiger partial charge in [0.05, 0.1) is 30.1 Å². The maximum atomic E-state index is 14.4. The third-order valence-corrected chi connectivity index (χ3v) is 11.4. The Bertz CT molecular complexity index is 2070. The first-order valence-corrected chi connectivity index (χ1v) is 19.8. The highest BCUT2D eigenvalue weighted by molar-refractivity contribution is 7.90. The highest BCUT2D eigenvalue weighted by Crippen LogP contribution is 2.45. The number of nitrogens with one attached hydrogen (secondary N) is 3. The molecule has 2 fully saturated rings. The van der Waals surface area contributed by atoms with Crippen LogP contribution in [0.15, 0.2) is 67.3 Å². The molecule has 3 N–H and O–H groups in total. The van der Waals surface area contributed by atoms with Crippen molar-refractivity contribution < 1.29 is 41.8 Å². The molecular weight excluding hydrogens is 727 g/mol. The molecule has 15 heteroatoms. The van der Waals surface area contributed by atoms with Crippen LogP contribution in [0.5, 0.6) is 11.5 Å². The first kappa shape index (κ1) is 41.0. The molecule has 55 heavy (non-hydrogen) atoms. The summed E-state index contributed by atoms with van der Waals surface area (Å²) in [5, 5.41) is 5.23. The lowest BCUT2D eigenvalue weighted by Gasteiger charge is -2.31. The summed E-state index contributed by atoms with van der Waals surface area (Å²) < 4.78 is 45.0. The number of pyridine rings is 1. The molecule has 14 nitrogen and oxygen atoms in total. The molecule has 1 saturated heterocycles. The van der Waals surface area contributed by atoms with E-state index in [0.717, 1.165) is 5.56 Å². The van der Waals surface area contributed by atoms with Crippen LogP contribution >= 0.6 is 0 Å². The molecular formula is C40H51N5O9S. The summed E-state index contributed by atoms with van der Waals surface area (Å²) in [4.78, 5) is 61.4. The Morgan fingerprint density at radius 3 is 2.31 bits per heavy atom. The average molecular weight is 778 g/mol. The summed E-state index contributed by atoms with van der Waals surface area (Å²) in [6, 6.07) is 14.5. The fraction of sp³-hybridized carbons (Fsp3) is 0.475. The molecule has 0 bridgehead atoms. The van der Waals surface area contributed by atoms with Crippen LogP contribution in [0.3, 0.4) is 0 Å². The number of sulfonamides is 1. The summed E-state index contributed by atoms with van der Waals surface area (Å²) >= 11 is 0. The summed E-state index contributed by atoms with van der Waals surface area (Å²) in [6.45, 7) is 15.2. The van der Waals surface area contributed by atoms with Crippen LogP contribution in [-0.4, -0.2) is 90.3 Å². The van der Waals surface area contributed by atoms with Gasteiger partial charge >= 0.3 is 6.09 Å². The second-order valence-electron chi connectivity index (χ2n) is 15.6. The minimum Gasteiger partial charge on any atom is -0.497 e. The lowest BCUT2D eigenvalue weighted by atomic mass is 10.0. The van der Waals surface area contributed by atoms with E-state index in [1.54, 1.807) is 59.9 Å². The molecule has 5 atom stereocenters. The number of fused-ring (bicyclic) bond motifs is 1. The lowest BCUT2D eigenvalue weighted by molar-refractivity contribution is -0.141. The maximum absolute atomic E-state index is 14.4. The summed E-state index contributed by atoms with van der Waals surface area (Å²) in [5.41, 5.74) is -0.345. The Morgan fingerprint density at radius 2 is 1.73 bits per heavy atom. The van der Waals surface area contributed by atoms with E-state index < -0.39 is 80.3 Å². The monoisotopic (exact) mass is 777 g/mol. The quantitative estimate of drug-likeness (QED) is 0.206. The van der Waals surface area contributed by atoms with Crippen molar-refractivity contribution in [2.24, 2.45) is 11.8 Å². The molecule has 5 rings (SSSR count). The highest BCUT2D eigenvalue weighted by atomic mass is 32.2. The molecule has 1 aliphatic carbocycles. The molecule has 0 spiro atoms. The molecule has 0 radical (unpaired) electrons. The van der Waals surface area contributed by atoms with Crippen LogP contribution in [0.4, 0.5) is 4.79 Å². The van der Waals surface area contributed by atoms with Crippen molar-refractivity contribution in [3.8, 4) is 22.8 Å². The van der Waals surface area contributed by atoms with Crippen molar-refractivity contribution in [3.63, 3.8) is 0 Å². The number of hydrogen-bond acceptors (Lipinski definition) is 10. The zero-order valence-electron chi connectivity index (χ0n) is 32.5. The van der Waals surface area contributed by atoms with E-state index in [-0.39, 0.29) is 19.4 Å². The third kappa shape index (κ3) is 9.21. The van der Waals surface area contributed by atoms with E-state index in [1.807, 2.05) is 36.4 Å². The van der Waals surface area contributed by atoms with Crippen molar-refractivity contribution in [1.82, 2.24) is 25.2 Å². The van der Waals surface area contributed by atoms with Gasteiger partial charge in [0.1, 0.15) is 40.8 Å². The number of ether oxygens (including phenoxy) is 3. The van der Waals surface area contributed by atoms with Gasteiger partial charge in [-0.2, -0.15) is 0 Å². The second kappa shape index (κ2) is 15.9.